The zero-order valence-corrected chi connectivity index (χ0v) is 9.92. The Morgan fingerprint density at radius 3 is 2.60 bits per heavy atom. The number of hydrogen-bond donors (Lipinski definition) is 2. The van der Waals surface area contributed by atoms with Gasteiger partial charge in [-0.3, -0.25) is 4.99 Å². The zero-order chi connectivity index (χ0) is 10.7. The Morgan fingerprint density at radius 2 is 2.13 bits per heavy atom. The maximum absolute atomic E-state index is 4.64. The quantitative estimate of drug-likeness (QED) is 0.546. The van der Waals surface area contributed by atoms with E-state index in [1.807, 2.05) is 0 Å². The highest BCUT2D eigenvalue weighted by atomic mass is 15.2. The summed E-state index contributed by atoms with van der Waals surface area (Å²) in [5, 5.41) is 6.80. The second kappa shape index (κ2) is 4.86. The average molecular weight is 209 g/mol. The molecule has 2 saturated carbocycles. The van der Waals surface area contributed by atoms with Crippen LogP contribution in [-0.4, -0.2) is 25.1 Å². The number of hydrogen-bond acceptors (Lipinski definition) is 1. The third-order valence-electron chi connectivity index (χ3n) is 3.51. The molecule has 0 amide bonds. The third kappa shape index (κ3) is 3.11. The second-order valence-corrected chi connectivity index (χ2v) is 4.98. The fourth-order valence-corrected chi connectivity index (χ4v) is 1.91. The van der Waals surface area contributed by atoms with Gasteiger partial charge in [0.2, 0.25) is 0 Å². The summed E-state index contributed by atoms with van der Waals surface area (Å²) in [4.78, 5) is 4.64. The Kier molecular flexibility index (Phi) is 3.49. The smallest absolute Gasteiger partial charge is 0.191 e. The Balaban J connectivity index is 1.75. The molecule has 3 heteroatoms. The van der Waals surface area contributed by atoms with Gasteiger partial charge in [-0.05, 0) is 38.0 Å². The van der Waals surface area contributed by atoms with E-state index in [1.54, 1.807) is 0 Å². The summed E-state index contributed by atoms with van der Waals surface area (Å²) >= 11 is 0. The average Bonchev–Trinajstić information content (AvgIpc) is 2.79. The standard InChI is InChI=1S/C12H23N3/c1-3-13-12(15-11-7-9(11)2)14-8-10-5-4-6-10/h9-11H,3-8H2,1-2H3,(H2,13,14,15). The van der Waals surface area contributed by atoms with Crippen LogP contribution < -0.4 is 10.6 Å². The first-order valence-electron chi connectivity index (χ1n) is 6.34. The van der Waals surface area contributed by atoms with Crippen molar-refractivity contribution in [3.63, 3.8) is 0 Å². The van der Waals surface area contributed by atoms with E-state index in [-0.39, 0.29) is 0 Å². The lowest BCUT2D eigenvalue weighted by atomic mass is 9.86. The van der Waals surface area contributed by atoms with E-state index in [9.17, 15) is 0 Å². The van der Waals surface area contributed by atoms with E-state index >= 15 is 0 Å². The molecule has 3 nitrogen and oxygen atoms in total. The van der Waals surface area contributed by atoms with Gasteiger partial charge in [-0.2, -0.15) is 0 Å². The Labute approximate surface area is 92.7 Å². The van der Waals surface area contributed by atoms with Crippen LogP contribution in [0.4, 0.5) is 0 Å². The molecule has 0 radical (unpaired) electrons. The minimum Gasteiger partial charge on any atom is -0.357 e. The predicted molar refractivity (Wildman–Crippen MR) is 64.0 cm³/mol. The van der Waals surface area contributed by atoms with Crippen LogP contribution in [0.3, 0.4) is 0 Å². The van der Waals surface area contributed by atoms with Crippen molar-refractivity contribution in [3.8, 4) is 0 Å². The molecule has 2 unspecified atom stereocenters. The molecule has 0 aromatic carbocycles. The van der Waals surface area contributed by atoms with Gasteiger partial charge in [-0.15, -0.1) is 0 Å². The van der Waals surface area contributed by atoms with Crippen LogP contribution in [0.5, 0.6) is 0 Å². The monoisotopic (exact) mass is 209 g/mol. The maximum Gasteiger partial charge on any atom is 0.191 e. The molecule has 15 heavy (non-hydrogen) atoms. The molecule has 2 N–H and O–H groups in total. The van der Waals surface area contributed by atoms with Crippen LogP contribution in [0, 0.1) is 11.8 Å². The first-order valence-corrected chi connectivity index (χ1v) is 6.34. The van der Waals surface area contributed by atoms with Gasteiger partial charge >= 0.3 is 0 Å². The van der Waals surface area contributed by atoms with Crippen LogP contribution in [0.15, 0.2) is 4.99 Å². The molecule has 0 aliphatic heterocycles. The molecule has 0 spiro atoms. The van der Waals surface area contributed by atoms with Gasteiger partial charge in [-0.1, -0.05) is 13.3 Å². The maximum atomic E-state index is 4.64. The first kappa shape index (κ1) is 10.8. The number of nitrogens with one attached hydrogen (secondary N) is 2. The molecule has 0 aromatic rings. The van der Waals surface area contributed by atoms with Crippen LogP contribution in [-0.2, 0) is 0 Å². The lowest BCUT2D eigenvalue weighted by Crippen LogP contribution is -2.39. The topological polar surface area (TPSA) is 36.4 Å². The van der Waals surface area contributed by atoms with Crippen molar-refractivity contribution in [2.75, 3.05) is 13.1 Å². The van der Waals surface area contributed by atoms with E-state index in [1.165, 1.54) is 25.7 Å². The first-order chi connectivity index (χ1) is 7.29. The zero-order valence-electron chi connectivity index (χ0n) is 9.92. The molecule has 2 atom stereocenters. The number of nitrogens with zero attached hydrogens (tertiary/aromatic N) is 1. The van der Waals surface area contributed by atoms with E-state index in [2.05, 4.69) is 29.5 Å². The molecule has 86 valence electrons. The van der Waals surface area contributed by atoms with E-state index in [0.717, 1.165) is 30.9 Å². The van der Waals surface area contributed by atoms with Gasteiger partial charge in [0.25, 0.3) is 0 Å². The second-order valence-electron chi connectivity index (χ2n) is 4.98. The number of guanidine groups is 1. The minimum absolute atomic E-state index is 0.671. The Bertz CT molecular complexity index is 233. The van der Waals surface area contributed by atoms with Gasteiger partial charge in [-0.25, -0.2) is 0 Å². The van der Waals surface area contributed by atoms with Gasteiger partial charge < -0.3 is 10.6 Å². The van der Waals surface area contributed by atoms with Gasteiger partial charge in [0.05, 0.1) is 0 Å². The summed E-state index contributed by atoms with van der Waals surface area (Å²) in [6.07, 6.45) is 5.46. The van der Waals surface area contributed by atoms with Gasteiger partial charge in [0, 0.05) is 19.1 Å². The normalized spacial score (nSPS) is 30.9. The fraction of sp³-hybridized carbons (Fsp3) is 0.917. The summed E-state index contributed by atoms with van der Waals surface area (Å²) in [5.74, 6) is 2.72. The molecular formula is C12H23N3. The van der Waals surface area contributed by atoms with Crippen LogP contribution in [0.2, 0.25) is 0 Å². The van der Waals surface area contributed by atoms with E-state index in [0.29, 0.717) is 6.04 Å². The van der Waals surface area contributed by atoms with Crippen LogP contribution >= 0.6 is 0 Å². The van der Waals surface area contributed by atoms with E-state index < -0.39 is 0 Å². The van der Waals surface area contributed by atoms with Crippen molar-refractivity contribution in [3.05, 3.63) is 0 Å². The summed E-state index contributed by atoms with van der Waals surface area (Å²) in [6.45, 7) is 6.37. The molecule has 2 rings (SSSR count). The largest absolute Gasteiger partial charge is 0.357 e. The molecule has 2 aliphatic carbocycles. The van der Waals surface area contributed by atoms with Crippen molar-refractivity contribution < 1.29 is 0 Å². The number of aliphatic imine (C=N–C) groups is 1. The van der Waals surface area contributed by atoms with Crippen LogP contribution in [0.1, 0.15) is 39.5 Å². The summed E-state index contributed by atoms with van der Waals surface area (Å²) in [5.41, 5.74) is 0. The SMILES string of the molecule is CCNC(=NCC1CCC1)NC1CC1C. The van der Waals surface area contributed by atoms with E-state index in [4.69, 9.17) is 0 Å². The molecular weight excluding hydrogens is 186 g/mol. The van der Waals surface area contributed by atoms with Gasteiger partial charge in [0.1, 0.15) is 0 Å². The summed E-state index contributed by atoms with van der Waals surface area (Å²) < 4.78 is 0. The van der Waals surface area contributed by atoms with Crippen molar-refractivity contribution in [1.29, 1.82) is 0 Å². The molecule has 2 aliphatic rings. The highest BCUT2D eigenvalue weighted by Gasteiger charge is 2.33. The van der Waals surface area contributed by atoms with Crippen molar-refractivity contribution in [2.45, 2.75) is 45.6 Å². The predicted octanol–water partition coefficient (Wildman–Crippen LogP) is 1.75. The minimum atomic E-state index is 0.671. The molecule has 0 bridgehead atoms. The molecule has 2 fully saturated rings. The fourth-order valence-electron chi connectivity index (χ4n) is 1.91. The lowest BCUT2D eigenvalue weighted by molar-refractivity contribution is 0.325. The van der Waals surface area contributed by atoms with Crippen molar-refractivity contribution in [1.82, 2.24) is 10.6 Å². The summed E-state index contributed by atoms with van der Waals surface area (Å²) in [6, 6.07) is 0.671. The van der Waals surface area contributed by atoms with Crippen molar-refractivity contribution >= 4 is 5.96 Å². The lowest BCUT2D eigenvalue weighted by Gasteiger charge is -2.23. The van der Waals surface area contributed by atoms with Crippen LogP contribution in [0.25, 0.3) is 0 Å². The molecule has 0 heterocycles. The molecule has 0 aromatic heterocycles. The number of rotatable bonds is 4. The summed E-state index contributed by atoms with van der Waals surface area (Å²) in [7, 11) is 0. The van der Waals surface area contributed by atoms with Gasteiger partial charge in [0.15, 0.2) is 5.96 Å². The highest BCUT2D eigenvalue weighted by Crippen LogP contribution is 2.29. The Hall–Kier alpha value is -0.730. The molecule has 0 saturated heterocycles. The third-order valence-corrected chi connectivity index (χ3v) is 3.51. The highest BCUT2D eigenvalue weighted by molar-refractivity contribution is 5.80. The Morgan fingerprint density at radius 1 is 1.40 bits per heavy atom. The van der Waals surface area contributed by atoms with Crippen molar-refractivity contribution in [2.24, 2.45) is 16.8 Å².